The number of fused-ring (bicyclic) bond motifs is 8. The summed E-state index contributed by atoms with van der Waals surface area (Å²) in [6.45, 7) is 58.2. The van der Waals surface area contributed by atoms with E-state index in [4.69, 9.17) is 0 Å². The molecule has 0 amide bonds. The maximum atomic E-state index is 4.19. The molecule has 1 aliphatic rings. The van der Waals surface area contributed by atoms with Crippen LogP contribution >= 0.6 is 0 Å². The SMILES string of the molecule is CC(C)[Si](C#Cc1c2ccccc2c(C#C[Si](C(C)C)(C(C)C)C(C)C)c2cc3cc4c(cc3cc12)/C=C\c1cc2cc3c(C#C[Si](C(C)C)(C(C)C)C(C)C)c5ccccc5c(C#C[Si](C(C)C)(C(C)C)C(C)C)c3cc2cc1/C=C\4)(C(C)C)C(C)C. The van der Waals surface area contributed by atoms with Crippen LogP contribution in [0.5, 0.6) is 0 Å². The molecule has 0 unspecified atom stereocenters. The van der Waals surface area contributed by atoms with E-state index in [1.54, 1.807) is 0 Å². The Morgan fingerprint density at radius 2 is 0.375 bits per heavy atom. The summed E-state index contributed by atoms with van der Waals surface area (Å²) in [6.07, 6.45) is 9.42. The Balaban J connectivity index is 1.31. The van der Waals surface area contributed by atoms with Crippen LogP contribution in [0.3, 0.4) is 0 Å². The average Bonchev–Trinajstić information content (AvgIpc) is 0.902. The third-order valence-corrected chi connectivity index (χ3v) is 47.5. The second kappa shape index (κ2) is 25.7. The van der Waals surface area contributed by atoms with E-state index >= 15 is 0 Å². The number of rotatable bonds is 12. The van der Waals surface area contributed by atoms with Crippen LogP contribution in [0.1, 0.15) is 211 Å². The molecule has 0 aromatic heterocycles. The fraction of sp³-hybridized carbons (Fsp3) is 0.429. The highest BCUT2D eigenvalue weighted by molar-refractivity contribution is 6.92. The summed E-state index contributed by atoms with van der Waals surface area (Å²) in [4.78, 5) is 0. The number of hydrogen-bond acceptors (Lipinski definition) is 0. The van der Waals surface area contributed by atoms with Gasteiger partial charge in [-0.2, -0.15) is 0 Å². The lowest BCUT2D eigenvalue weighted by Gasteiger charge is -2.38. The van der Waals surface area contributed by atoms with Crippen molar-refractivity contribution in [1.29, 1.82) is 0 Å². The van der Waals surface area contributed by atoms with Crippen molar-refractivity contribution >= 4 is 121 Å². The van der Waals surface area contributed by atoms with E-state index < -0.39 is 32.3 Å². The van der Waals surface area contributed by atoms with E-state index in [2.05, 4.69) is 333 Å². The molecule has 0 aliphatic heterocycles. The molecule has 0 atom stereocenters. The molecule has 0 N–H and O–H groups in total. The van der Waals surface area contributed by atoms with Gasteiger partial charge in [-0.15, -0.1) is 22.2 Å². The maximum Gasteiger partial charge on any atom is 0.146 e. The van der Waals surface area contributed by atoms with Crippen molar-refractivity contribution in [3.05, 3.63) is 142 Å². The topological polar surface area (TPSA) is 0 Å². The molecule has 8 aromatic rings. The highest BCUT2D eigenvalue weighted by Crippen LogP contribution is 2.47. The Morgan fingerprint density at radius 1 is 0.216 bits per heavy atom. The van der Waals surface area contributed by atoms with Crippen LogP contribution in [0.2, 0.25) is 66.5 Å². The molecule has 0 saturated heterocycles. The van der Waals surface area contributed by atoms with Gasteiger partial charge in [0.1, 0.15) is 32.3 Å². The molecular weight excluding hydrogens is 1120 g/mol. The van der Waals surface area contributed by atoms with Gasteiger partial charge < -0.3 is 0 Å². The van der Waals surface area contributed by atoms with Gasteiger partial charge in [0.05, 0.1) is 0 Å². The van der Waals surface area contributed by atoms with Crippen molar-refractivity contribution < 1.29 is 0 Å². The number of benzene rings is 8. The van der Waals surface area contributed by atoms with Crippen LogP contribution < -0.4 is 0 Å². The lowest BCUT2D eigenvalue weighted by Crippen LogP contribution is -2.43. The first-order valence-electron chi connectivity index (χ1n) is 33.9. The van der Waals surface area contributed by atoms with Crippen LogP contribution in [-0.4, -0.2) is 32.3 Å². The van der Waals surface area contributed by atoms with Crippen LogP contribution in [0.4, 0.5) is 0 Å². The molecule has 0 saturated carbocycles. The highest BCUT2D eigenvalue weighted by atomic mass is 28.3. The Morgan fingerprint density at radius 3 is 0.523 bits per heavy atom. The van der Waals surface area contributed by atoms with Gasteiger partial charge in [0.25, 0.3) is 0 Å². The second-order valence-electron chi connectivity index (χ2n) is 30.3. The molecule has 4 heteroatoms. The maximum absolute atomic E-state index is 4.19. The highest BCUT2D eigenvalue weighted by Gasteiger charge is 2.45. The zero-order valence-corrected chi connectivity index (χ0v) is 62.5. The quantitative estimate of drug-likeness (QED) is 0.0650. The van der Waals surface area contributed by atoms with E-state index in [9.17, 15) is 0 Å². The molecule has 1 aliphatic carbocycles. The van der Waals surface area contributed by atoms with Crippen LogP contribution in [0.25, 0.3) is 88.9 Å². The smallest absolute Gasteiger partial charge is 0.125 e. The molecule has 456 valence electrons. The molecule has 0 bridgehead atoms. The van der Waals surface area contributed by atoms with Crippen molar-refractivity contribution in [3.8, 4) is 45.9 Å². The van der Waals surface area contributed by atoms with Crippen molar-refractivity contribution in [2.75, 3.05) is 0 Å². The van der Waals surface area contributed by atoms with Gasteiger partial charge in [0.15, 0.2) is 0 Å². The van der Waals surface area contributed by atoms with Gasteiger partial charge in [-0.05, 0) is 202 Å². The molecule has 0 spiro atoms. The molecule has 88 heavy (non-hydrogen) atoms. The standard InChI is InChI=1S/C84H104Si4/c1-53(2)85(54(3)4,55(5)6)41-37-77-73-29-25-26-30-74(73)78(38-42-86(56(7)8,57(9)10)58(11)12)82-50-70-46-66-35-36-68-48-72-52-84-80(40-44-88(62(19)20,63(21)22)64(23)24)76-32-28-27-31-75(76)79(39-43-87(59(13)14,60(15)16)61(17)18)83(84)51-71(72)47-67(68)34-33-65(66)45-69(70)49-81(77)82/h25-36,45-64H,1-24H3/b34-33-,36-35-,65-33?,66-35?,67-34?,68-36?. The van der Waals surface area contributed by atoms with E-state index in [1.165, 1.54) is 86.9 Å². The molecule has 0 heterocycles. The summed E-state index contributed by atoms with van der Waals surface area (Å²) in [5, 5.41) is 14.6. The zero-order valence-electron chi connectivity index (χ0n) is 58.5. The molecule has 0 nitrogen and oxygen atoms in total. The van der Waals surface area contributed by atoms with Crippen molar-refractivity contribution in [3.63, 3.8) is 0 Å². The first kappa shape index (κ1) is 66.3. The van der Waals surface area contributed by atoms with Crippen LogP contribution in [-0.2, 0) is 0 Å². The molecule has 9 rings (SSSR count). The monoisotopic (exact) mass is 1220 g/mol. The van der Waals surface area contributed by atoms with E-state index in [0.29, 0.717) is 66.5 Å². The van der Waals surface area contributed by atoms with E-state index in [1.807, 2.05) is 0 Å². The fourth-order valence-electron chi connectivity index (χ4n) is 17.9. The molecule has 0 fully saturated rings. The van der Waals surface area contributed by atoms with Gasteiger partial charge in [0.2, 0.25) is 0 Å². The summed E-state index contributed by atoms with van der Waals surface area (Å²) in [6, 6.07) is 37.6. The van der Waals surface area contributed by atoms with Crippen molar-refractivity contribution in [1.82, 2.24) is 0 Å². The van der Waals surface area contributed by atoms with Crippen LogP contribution in [0, 0.1) is 45.9 Å². The minimum absolute atomic E-state index is 0.527. The van der Waals surface area contributed by atoms with Gasteiger partial charge in [-0.25, -0.2) is 0 Å². The predicted molar refractivity (Wildman–Crippen MR) is 407 cm³/mol. The first-order chi connectivity index (χ1) is 41.5. The molecule has 0 radical (unpaired) electrons. The Bertz CT molecular complexity index is 3700. The predicted octanol–water partition coefficient (Wildman–Crippen LogP) is 25.5. The van der Waals surface area contributed by atoms with Gasteiger partial charge in [0, 0.05) is 22.3 Å². The van der Waals surface area contributed by atoms with E-state index in [0.717, 1.165) is 22.3 Å². The third kappa shape index (κ3) is 11.3. The lowest BCUT2D eigenvalue weighted by molar-refractivity contribution is 0.838. The minimum atomic E-state index is -2.09. The summed E-state index contributed by atoms with van der Waals surface area (Å²) < 4.78 is 0. The van der Waals surface area contributed by atoms with Crippen molar-refractivity contribution in [2.24, 2.45) is 0 Å². The lowest BCUT2D eigenvalue weighted by atomic mass is 9.88. The zero-order chi connectivity index (χ0) is 64.3. The Hall–Kier alpha value is -6.09. The normalized spacial score (nSPS) is 14.0. The Kier molecular flexibility index (Phi) is 19.3. The van der Waals surface area contributed by atoms with Crippen molar-refractivity contribution in [2.45, 2.75) is 233 Å². The van der Waals surface area contributed by atoms with Crippen LogP contribution in [0.15, 0.2) is 97.1 Å². The first-order valence-corrected chi connectivity index (χ1v) is 42.8. The van der Waals surface area contributed by atoms with Gasteiger partial charge >= 0.3 is 0 Å². The summed E-state index contributed by atoms with van der Waals surface area (Å²) in [5.41, 5.74) is 32.5. The molecule has 8 aromatic carbocycles. The molecular formula is C84H104Si4. The van der Waals surface area contributed by atoms with E-state index in [-0.39, 0.29) is 0 Å². The minimum Gasteiger partial charge on any atom is -0.125 e. The second-order valence-corrected chi connectivity index (χ2v) is 52.6. The largest absolute Gasteiger partial charge is 0.146 e. The summed E-state index contributed by atoms with van der Waals surface area (Å²) in [5.74, 6) is 16.2. The summed E-state index contributed by atoms with van der Waals surface area (Å²) in [7, 11) is -8.36. The summed E-state index contributed by atoms with van der Waals surface area (Å²) >= 11 is 0. The van der Waals surface area contributed by atoms with Gasteiger partial charge in [-0.1, -0.05) is 263 Å². The van der Waals surface area contributed by atoms with Gasteiger partial charge in [-0.3, -0.25) is 0 Å². The number of hydrogen-bond donors (Lipinski definition) is 0. The fourth-order valence-corrected chi connectivity index (χ4v) is 38.7. The Labute approximate surface area is 537 Å². The average molecular weight is 1230 g/mol. The third-order valence-electron chi connectivity index (χ3n) is 22.3.